The molecule has 0 unspecified atom stereocenters. The molecule has 3 rings (SSSR count). The van der Waals surface area contributed by atoms with Gasteiger partial charge in [0.2, 0.25) is 5.91 Å². The summed E-state index contributed by atoms with van der Waals surface area (Å²) in [6.45, 7) is -0.126. The lowest BCUT2D eigenvalue weighted by atomic mass is 9.95. The van der Waals surface area contributed by atoms with Crippen molar-refractivity contribution in [3.05, 3.63) is 46.6 Å². The van der Waals surface area contributed by atoms with E-state index >= 15 is 0 Å². The predicted octanol–water partition coefficient (Wildman–Crippen LogP) is 1.27. The summed E-state index contributed by atoms with van der Waals surface area (Å²) < 4.78 is 1.17. The minimum absolute atomic E-state index is 0.0882. The van der Waals surface area contributed by atoms with E-state index in [1.165, 1.54) is 17.3 Å². The van der Waals surface area contributed by atoms with Gasteiger partial charge in [-0.15, -0.1) is 0 Å². The molecule has 1 fully saturated rings. The summed E-state index contributed by atoms with van der Waals surface area (Å²) in [6, 6.07) is 6.96. The topological polar surface area (TPSA) is 109 Å². The second kappa shape index (κ2) is 7.78. The van der Waals surface area contributed by atoms with Gasteiger partial charge < -0.3 is 10.6 Å². The quantitative estimate of drug-likeness (QED) is 0.759. The second-order valence-corrected chi connectivity index (χ2v) is 6.22. The molecule has 25 heavy (non-hydrogen) atoms. The van der Waals surface area contributed by atoms with E-state index in [2.05, 4.69) is 20.8 Å². The van der Waals surface area contributed by atoms with E-state index in [1.807, 2.05) is 0 Å². The molecule has 0 spiro atoms. The number of rotatable bonds is 5. The van der Waals surface area contributed by atoms with Crippen LogP contribution in [0.15, 0.2) is 35.4 Å². The normalized spacial score (nSPS) is 14.9. The summed E-state index contributed by atoms with van der Waals surface area (Å²) in [5, 5.41) is 11.5. The van der Waals surface area contributed by atoms with Crippen LogP contribution in [0.5, 0.6) is 0 Å². The van der Waals surface area contributed by atoms with Gasteiger partial charge in [-0.25, -0.2) is 9.89 Å². The number of anilines is 1. The van der Waals surface area contributed by atoms with Crippen molar-refractivity contribution in [3.8, 4) is 0 Å². The molecule has 1 aromatic heterocycles. The second-order valence-electron chi connectivity index (χ2n) is 6.22. The Kier molecular flexibility index (Phi) is 5.27. The number of aromatic amines is 1. The number of H-pyrrole nitrogens is 1. The average molecular weight is 343 g/mol. The first kappa shape index (κ1) is 16.9. The molecule has 132 valence electrons. The molecule has 0 bridgehead atoms. The Hall–Kier alpha value is -2.90. The number of aromatic nitrogens is 3. The van der Waals surface area contributed by atoms with Gasteiger partial charge in [-0.3, -0.25) is 14.2 Å². The van der Waals surface area contributed by atoms with Gasteiger partial charge in [0.25, 0.3) is 5.91 Å². The molecular formula is C17H21N5O3. The Bertz CT molecular complexity index is 787. The van der Waals surface area contributed by atoms with Crippen LogP contribution >= 0.6 is 0 Å². The fraction of sp³-hybridized carbons (Fsp3) is 0.412. The number of hydrogen-bond acceptors (Lipinski definition) is 4. The van der Waals surface area contributed by atoms with Crippen LogP contribution in [0.2, 0.25) is 0 Å². The molecular weight excluding hydrogens is 322 g/mol. The summed E-state index contributed by atoms with van der Waals surface area (Å²) in [6.07, 6.45) is 6.90. The van der Waals surface area contributed by atoms with Crippen LogP contribution in [0.3, 0.4) is 0 Å². The number of benzene rings is 1. The Morgan fingerprint density at radius 3 is 2.52 bits per heavy atom. The smallest absolute Gasteiger partial charge is 0.343 e. The molecule has 1 saturated carbocycles. The third-order valence-corrected chi connectivity index (χ3v) is 4.30. The van der Waals surface area contributed by atoms with E-state index in [-0.39, 0.29) is 24.4 Å². The Labute approximate surface area is 144 Å². The van der Waals surface area contributed by atoms with Gasteiger partial charge in [0, 0.05) is 17.3 Å². The highest BCUT2D eigenvalue weighted by Gasteiger charge is 2.16. The van der Waals surface area contributed by atoms with E-state index in [0.29, 0.717) is 11.3 Å². The maximum Gasteiger partial charge on any atom is 0.343 e. The zero-order chi connectivity index (χ0) is 17.6. The molecule has 1 aromatic carbocycles. The molecule has 1 aliphatic carbocycles. The molecule has 0 aliphatic heterocycles. The third kappa shape index (κ3) is 4.56. The fourth-order valence-corrected chi connectivity index (χ4v) is 2.96. The average Bonchev–Trinajstić information content (AvgIpc) is 3.01. The number of nitrogens with one attached hydrogen (secondary N) is 3. The SMILES string of the molecule is O=C(Cn1cn[nH]c1=O)Nc1ccc(C(=O)NC2CCCCC2)cc1. The van der Waals surface area contributed by atoms with E-state index in [9.17, 15) is 14.4 Å². The maximum absolute atomic E-state index is 12.2. The standard InChI is InChI=1S/C17H21N5O3/c23-15(10-22-11-18-21-17(22)25)19-14-8-6-12(7-9-14)16(24)20-13-4-2-1-3-5-13/h6-9,11,13H,1-5,10H2,(H,19,23)(H,20,24)(H,21,25). The van der Waals surface area contributed by atoms with E-state index in [4.69, 9.17) is 0 Å². The van der Waals surface area contributed by atoms with E-state index < -0.39 is 5.69 Å². The molecule has 3 N–H and O–H groups in total. The highest BCUT2D eigenvalue weighted by atomic mass is 16.2. The first-order valence-electron chi connectivity index (χ1n) is 8.42. The van der Waals surface area contributed by atoms with Crippen molar-refractivity contribution in [1.82, 2.24) is 20.1 Å². The minimum Gasteiger partial charge on any atom is -0.349 e. The number of amides is 2. The molecule has 0 radical (unpaired) electrons. The van der Waals surface area contributed by atoms with Crippen LogP contribution in [0.4, 0.5) is 5.69 Å². The first-order valence-corrected chi connectivity index (χ1v) is 8.42. The highest BCUT2D eigenvalue weighted by Crippen LogP contribution is 2.18. The van der Waals surface area contributed by atoms with Crippen LogP contribution < -0.4 is 16.3 Å². The zero-order valence-electron chi connectivity index (χ0n) is 13.8. The lowest BCUT2D eigenvalue weighted by Crippen LogP contribution is -2.36. The molecule has 8 heteroatoms. The van der Waals surface area contributed by atoms with Crippen LogP contribution in [0.1, 0.15) is 42.5 Å². The van der Waals surface area contributed by atoms with Crippen LogP contribution in [-0.4, -0.2) is 32.6 Å². The van der Waals surface area contributed by atoms with E-state index in [0.717, 1.165) is 25.7 Å². The van der Waals surface area contributed by atoms with Gasteiger partial charge in [-0.1, -0.05) is 19.3 Å². The summed E-state index contributed by atoms with van der Waals surface area (Å²) in [4.78, 5) is 35.5. The van der Waals surface area contributed by atoms with Crippen LogP contribution in [0.25, 0.3) is 0 Å². The monoisotopic (exact) mass is 343 g/mol. The van der Waals surface area contributed by atoms with Gasteiger partial charge in [0.1, 0.15) is 12.9 Å². The Morgan fingerprint density at radius 2 is 1.88 bits per heavy atom. The van der Waals surface area contributed by atoms with Gasteiger partial charge in [-0.2, -0.15) is 5.10 Å². The largest absolute Gasteiger partial charge is 0.349 e. The lowest BCUT2D eigenvalue weighted by molar-refractivity contribution is -0.116. The molecule has 1 aliphatic rings. The lowest BCUT2D eigenvalue weighted by Gasteiger charge is -2.22. The van der Waals surface area contributed by atoms with Crippen molar-refractivity contribution >= 4 is 17.5 Å². The van der Waals surface area contributed by atoms with Gasteiger partial charge in [-0.05, 0) is 37.1 Å². The van der Waals surface area contributed by atoms with Gasteiger partial charge >= 0.3 is 5.69 Å². The van der Waals surface area contributed by atoms with Crippen molar-refractivity contribution in [2.75, 3.05) is 5.32 Å². The molecule has 8 nitrogen and oxygen atoms in total. The van der Waals surface area contributed by atoms with Gasteiger partial charge in [0.15, 0.2) is 0 Å². The number of hydrogen-bond donors (Lipinski definition) is 3. The van der Waals surface area contributed by atoms with Crippen LogP contribution in [0, 0.1) is 0 Å². The molecule has 0 atom stereocenters. The number of carbonyl (C=O) groups is 2. The summed E-state index contributed by atoms with van der Waals surface area (Å²) >= 11 is 0. The first-order chi connectivity index (χ1) is 12.1. The maximum atomic E-state index is 12.2. The zero-order valence-corrected chi connectivity index (χ0v) is 13.8. The Balaban J connectivity index is 1.54. The van der Waals surface area contributed by atoms with Crippen molar-refractivity contribution in [2.45, 2.75) is 44.7 Å². The fourth-order valence-electron chi connectivity index (χ4n) is 2.96. The highest BCUT2D eigenvalue weighted by molar-refractivity contribution is 5.95. The number of carbonyl (C=O) groups excluding carboxylic acids is 2. The summed E-state index contributed by atoms with van der Waals surface area (Å²) in [5.41, 5.74) is 0.690. The van der Waals surface area contributed by atoms with Crippen molar-refractivity contribution in [1.29, 1.82) is 0 Å². The van der Waals surface area contributed by atoms with Crippen molar-refractivity contribution in [3.63, 3.8) is 0 Å². The molecule has 1 heterocycles. The van der Waals surface area contributed by atoms with Gasteiger partial charge in [0.05, 0.1) is 0 Å². The number of nitrogens with zero attached hydrogens (tertiary/aromatic N) is 2. The summed E-state index contributed by atoms with van der Waals surface area (Å²) in [7, 11) is 0. The van der Waals surface area contributed by atoms with Crippen molar-refractivity contribution < 1.29 is 9.59 Å². The predicted molar refractivity (Wildman–Crippen MR) is 92.3 cm³/mol. The molecule has 0 saturated heterocycles. The van der Waals surface area contributed by atoms with E-state index in [1.54, 1.807) is 24.3 Å². The Morgan fingerprint density at radius 1 is 1.16 bits per heavy atom. The minimum atomic E-state index is -0.440. The van der Waals surface area contributed by atoms with Crippen LogP contribution in [-0.2, 0) is 11.3 Å². The summed E-state index contributed by atoms with van der Waals surface area (Å²) in [5.74, 6) is -0.433. The molecule has 2 aromatic rings. The third-order valence-electron chi connectivity index (χ3n) is 4.30. The molecule has 2 amide bonds. The van der Waals surface area contributed by atoms with Crippen molar-refractivity contribution in [2.24, 2.45) is 0 Å².